The van der Waals surface area contributed by atoms with E-state index in [1.807, 2.05) is 30.3 Å². The zero-order valence-electron chi connectivity index (χ0n) is 18.0. The molecule has 2 heterocycles. The number of anilines is 1. The number of hydrogen-bond acceptors (Lipinski definition) is 2. The Labute approximate surface area is 193 Å². The van der Waals surface area contributed by atoms with Crippen molar-refractivity contribution in [1.29, 1.82) is 0 Å². The summed E-state index contributed by atoms with van der Waals surface area (Å²) in [5.74, 6) is 0.879. The monoisotopic (exact) mass is 451 g/mol. The van der Waals surface area contributed by atoms with Crippen LogP contribution in [0.25, 0.3) is 10.9 Å². The van der Waals surface area contributed by atoms with E-state index < -0.39 is 0 Å². The lowest BCUT2D eigenvalue weighted by Gasteiger charge is -2.26. The molecule has 0 atom stereocenters. The molecule has 0 aliphatic carbocycles. The van der Waals surface area contributed by atoms with Crippen LogP contribution in [0, 0.1) is 20.8 Å². The van der Waals surface area contributed by atoms with Crippen LogP contribution in [-0.4, -0.2) is 21.5 Å². The molecular formula is C25H26ClN3OS. The second-order valence-electron chi connectivity index (χ2n) is 7.92. The van der Waals surface area contributed by atoms with Crippen molar-refractivity contribution in [1.82, 2.24) is 9.88 Å². The molecule has 2 N–H and O–H groups in total. The fourth-order valence-corrected chi connectivity index (χ4v) is 4.27. The Morgan fingerprint density at radius 1 is 1.13 bits per heavy atom. The molecule has 0 bridgehead atoms. The van der Waals surface area contributed by atoms with Gasteiger partial charge in [-0.1, -0.05) is 23.7 Å². The molecule has 0 aliphatic rings. The molecule has 0 amide bonds. The van der Waals surface area contributed by atoms with Gasteiger partial charge in [-0.05, 0) is 92.5 Å². The highest BCUT2D eigenvalue weighted by atomic mass is 35.5. The van der Waals surface area contributed by atoms with Crippen molar-refractivity contribution >= 4 is 45.5 Å². The summed E-state index contributed by atoms with van der Waals surface area (Å²) in [4.78, 5) is 5.61. The second-order valence-corrected chi connectivity index (χ2v) is 8.74. The smallest absolute Gasteiger partial charge is 0.173 e. The van der Waals surface area contributed by atoms with Crippen LogP contribution in [0.4, 0.5) is 5.69 Å². The number of nitrogens with zero attached hydrogens (tertiary/aromatic N) is 1. The molecule has 4 aromatic rings. The second kappa shape index (κ2) is 9.16. The minimum atomic E-state index is 0.603. The van der Waals surface area contributed by atoms with Crippen molar-refractivity contribution in [3.05, 3.63) is 88.0 Å². The van der Waals surface area contributed by atoms with Crippen molar-refractivity contribution in [2.24, 2.45) is 0 Å². The van der Waals surface area contributed by atoms with Gasteiger partial charge in [-0.25, -0.2) is 0 Å². The topological polar surface area (TPSA) is 44.2 Å². The third kappa shape index (κ3) is 4.94. The highest BCUT2D eigenvalue weighted by Crippen LogP contribution is 2.26. The summed E-state index contributed by atoms with van der Waals surface area (Å²) >= 11 is 12.1. The number of benzene rings is 2. The Morgan fingerprint density at radius 2 is 1.97 bits per heavy atom. The minimum Gasteiger partial charge on any atom is -0.467 e. The summed E-state index contributed by atoms with van der Waals surface area (Å²) in [5, 5.41) is 6.03. The zero-order valence-corrected chi connectivity index (χ0v) is 19.5. The Bertz CT molecular complexity index is 1210. The number of thiocarbonyl (C=S) groups is 1. The molecule has 0 fully saturated rings. The molecule has 4 nitrogen and oxygen atoms in total. The van der Waals surface area contributed by atoms with Gasteiger partial charge in [0.2, 0.25) is 0 Å². The first kappa shape index (κ1) is 21.5. The highest BCUT2D eigenvalue weighted by Gasteiger charge is 2.16. The van der Waals surface area contributed by atoms with Crippen molar-refractivity contribution in [3.8, 4) is 0 Å². The fraction of sp³-hybridized carbons (Fsp3) is 0.240. The third-order valence-electron chi connectivity index (χ3n) is 5.56. The van der Waals surface area contributed by atoms with Gasteiger partial charge in [0.05, 0.1) is 12.8 Å². The van der Waals surface area contributed by atoms with Crippen molar-refractivity contribution in [2.45, 2.75) is 33.7 Å². The van der Waals surface area contributed by atoms with Gasteiger partial charge in [-0.3, -0.25) is 0 Å². The summed E-state index contributed by atoms with van der Waals surface area (Å²) in [7, 11) is 0. The number of furan rings is 1. The Balaban J connectivity index is 1.57. The molecule has 31 heavy (non-hydrogen) atoms. The highest BCUT2D eigenvalue weighted by molar-refractivity contribution is 7.80. The number of halogens is 1. The van der Waals surface area contributed by atoms with Crippen molar-refractivity contribution in [3.63, 3.8) is 0 Å². The molecule has 2 aromatic carbocycles. The third-order valence-corrected chi connectivity index (χ3v) is 6.16. The Hall–Kier alpha value is -2.76. The summed E-state index contributed by atoms with van der Waals surface area (Å²) < 4.78 is 5.60. The lowest BCUT2D eigenvalue weighted by Crippen LogP contribution is -2.36. The molecule has 0 unspecified atom stereocenters. The number of nitrogens with one attached hydrogen (secondary N) is 2. The van der Waals surface area contributed by atoms with Crippen LogP contribution >= 0.6 is 23.8 Å². The number of aromatic amines is 1. The van der Waals surface area contributed by atoms with E-state index in [-0.39, 0.29) is 0 Å². The quantitative estimate of drug-likeness (QED) is 0.317. The van der Waals surface area contributed by atoms with Crippen LogP contribution in [0.3, 0.4) is 0 Å². The molecular weight excluding hydrogens is 426 g/mol. The molecule has 4 rings (SSSR count). The number of aryl methyl sites for hydroxylation is 3. The van der Waals surface area contributed by atoms with E-state index in [2.05, 4.69) is 54.2 Å². The molecule has 0 saturated heterocycles. The van der Waals surface area contributed by atoms with Crippen molar-refractivity contribution < 1.29 is 4.42 Å². The van der Waals surface area contributed by atoms with Crippen LogP contribution < -0.4 is 5.32 Å². The predicted octanol–water partition coefficient (Wildman–Crippen LogP) is 6.78. The summed E-state index contributed by atoms with van der Waals surface area (Å²) in [6, 6.07) is 16.2. The summed E-state index contributed by atoms with van der Waals surface area (Å²) in [5.41, 5.74) is 6.91. The van der Waals surface area contributed by atoms with Crippen LogP contribution in [0.15, 0.2) is 59.2 Å². The lowest BCUT2D eigenvalue weighted by molar-refractivity contribution is 0.368. The summed E-state index contributed by atoms with van der Waals surface area (Å²) in [6.45, 7) is 7.62. The van der Waals surface area contributed by atoms with Gasteiger partial charge >= 0.3 is 0 Å². The minimum absolute atomic E-state index is 0.603. The van der Waals surface area contributed by atoms with Gasteiger partial charge in [0.15, 0.2) is 5.11 Å². The first-order valence-electron chi connectivity index (χ1n) is 10.3. The molecule has 0 aliphatic heterocycles. The number of H-pyrrole nitrogens is 1. The van der Waals surface area contributed by atoms with Gasteiger partial charge in [-0.2, -0.15) is 0 Å². The van der Waals surface area contributed by atoms with E-state index in [9.17, 15) is 0 Å². The van der Waals surface area contributed by atoms with E-state index in [0.717, 1.165) is 51.6 Å². The first-order valence-corrected chi connectivity index (χ1v) is 11.1. The average molecular weight is 452 g/mol. The lowest BCUT2D eigenvalue weighted by atomic mass is 10.1. The molecule has 0 saturated carbocycles. The summed E-state index contributed by atoms with van der Waals surface area (Å²) in [6.07, 6.45) is 2.53. The predicted molar refractivity (Wildman–Crippen MR) is 133 cm³/mol. The average Bonchev–Trinajstić information content (AvgIpc) is 3.35. The zero-order chi connectivity index (χ0) is 22.0. The van der Waals surface area contributed by atoms with Crippen LogP contribution in [0.2, 0.25) is 5.02 Å². The van der Waals surface area contributed by atoms with Gasteiger partial charge in [0.1, 0.15) is 5.76 Å². The van der Waals surface area contributed by atoms with E-state index >= 15 is 0 Å². The Kier molecular flexibility index (Phi) is 6.35. The van der Waals surface area contributed by atoms with E-state index in [4.69, 9.17) is 28.2 Å². The van der Waals surface area contributed by atoms with E-state index in [1.54, 1.807) is 6.26 Å². The first-order chi connectivity index (χ1) is 14.9. The van der Waals surface area contributed by atoms with Crippen LogP contribution in [0.1, 0.15) is 28.1 Å². The maximum atomic E-state index is 6.26. The van der Waals surface area contributed by atoms with Crippen LogP contribution in [-0.2, 0) is 13.0 Å². The van der Waals surface area contributed by atoms with Gasteiger partial charge in [0.25, 0.3) is 0 Å². The maximum absolute atomic E-state index is 6.26. The SMILES string of the molecule is Cc1ccc(C)c(NC(=S)N(CCc2c(C)[nH]c3ccc(Cl)cc23)Cc2ccco2)c1. The molecule has 0 spiro atoms. The standard InChI is InChI=1S/C25H26ClN3OS/c1-16-6-7-17(2)24(13-16)28-25(31)29(15-20-5-4-12-30-20)11-10-21-18(3)27-23-9-8-19(26)14-22(21)23/h4-9,12-14,27H,10-11,15H2,1-3H3,(H,28,31). The van der Waals surface area contributed by atoms with Crippen LogP contribution in [0.5, 0.6) is 0 Å². The van der Waals surface area contributed by atoms with E-state index in [0.29, 0.717) is 11.7 Å². The number of hydrogen-bond donors (Lipinski definition) is 2. The number of rotatable bonds is 6. The maximum Gasteiger partial charge on any atom is 0.173 e. The fourth-order valence-electron chi connectivity index (χ4n) is 3.83. The van der Waals surface area contributed by atoms with Crippen molar-refractivity contribution in [2.75, 3.05) is 11.9 Å². The number of aromatic nitrogens is 1. The molecule has 2 aromatic heterocycles. The Morgan fingerprint density at radius 3 is 2.74 bits per heavy atom. The normalized spacial score (nSPS) is 11.1. The van der Waals surface area contributed by atoms with Gasteiger partial charge in [0, 0.05) is 33.9 Å². The molecule has 6 heteroatoms. The molecule has 160 valence electrons. The van der Waals surface area contributed by atoms with Gasteiger partial charge < -0.3 is 19.6 Å². The molecule has 0 radical (unpaired) electrons. The largest absolute Gasteiger partial charge is 0.467 e. The van der Waals surface area contributed by atoms with E-state index in [1.165, 1.54) is 11.1 Å². The number of fused-ring (bicyclic) bond motifs is 1. The van der Waals surface area contributed by atoms with Gasteiger partial charge in [-0.15, -0.1) is 0 Å².